The molecule has 4 nitrogen and oxygen atoms in total. The summed E-state index contributed by atoms with van der Waals surface area (Å²) in [6, 6.07) is 10.5. The molecule has 2 amide bonds. The zero-order valence-electron chi connectivity index (χ0n) is 16.5. The Balaban J connectivity index is 1.59. The monoisotopic (exact) mass is 430 g/mol. The van der Waals surface area contributed by atoms with Crippen molar-refractivity contribution in [2.45, 2.75) is 43.5 Å². The molecule has 2 aromatic carbocycles. The van der Waals surface area contributed by atoms with Crippen LogP contribution in [0.1, 0.15) is 42.5 Å². The number of carbonyl (C=O) groups excluding carboxylic acids is 2. The van der Waals surface area contributed by atoms with E-state index in [0.717, 1.165) is 25.7 Å². The number of nitrogens with one attached hydrogen (secondary N) is 1. The Morgan fingerprint density at radius 2 is 1.70 bits per heavy atom. The summed E-state index contributed by atoms with van der Waals surface area (Å²) in [5.74, 6) is -0.690. The van der Waals surface area contributed by atoms with Crippen molar-refractivity contribution in [2.75, 3.05) is 11.1 Å². The van der Waals surface area contributed by atoms with Crippen molar-refractivity contribution in [3.8, 4) is 0 Å². The van der Waals surface area contributed by atoms with Gasteiger partial charge in [0.25, 0.3) is 5.91 Å². The molecule has 1 saturated carbocycles. The maximum atomic E-state index is 13.8. The van der Waals surface area contributed by atoms with Crippen molar-refractivity contribution in [2.24, 2.45) is 5.92 Å². The Hall–Kier alpha value is -2.41. The largest absolute Gasteiger partial charge is 0.324 e. The number of halogens is 2. The molecule has 2 atom stereocenters. The third-order valence-electron chi connectivity index (χ3n) is 5.81. The van der Waals surface area contributed by atoms with E-state index in [0.29, 0.717) is 17.4 Å². The van der Waals surface area contributed by atoms with Crippen LogP contribution in [0.25, 0.3) is 0 Å². The summed E-state index contributed by atoms with van der Waals surface area (Å²) >= 11 is 1.62. The van der Waals surface area contributed by atoms with Gasteiger partial charge in [0.05, 0.1) is 5.37 Å². The van der Waals surface area contributed by atoms with E-state index in [-0.39, 0.29) is 28.6 Å². The summed E-state index contributed by atoms with van der Waals surface area (Å²) in [4.78, 5) is 28.1. The fourth-order valence-electron chi connectivity index (χ4n) is 4.30. The fourth-order valence-corrected chi connectivity index (χ4v) is 5.94. The van der Waals surface area contributed by atoms with Gasteiger partial charge >= 0.3 is 0 Å². The van der Waals surface area contributed by atoms with Gasteiger partial charge in [-0.3, -0.25) is 9.59 Å². The number of benzene rings is 2. The lowest BCUT2D eigenvalue weighted by Gasteiger charge is -2.35. The van der Waals surface area contributed by atoms with Gasteiger partial charge in [-0.05, 0) is 61.2 Å². The van der Waals surface area contributed by atoms with Crippen LogP contribution in [0.2, 0.25) is 0 Å². The maximum absolute atomic E-state index is 13.8. The number of nitrogens with zero attached hydrogens (tertiary/aromatic N) is 1. The van der Waals surface area contributed by atoms with Crippen LogP contribution in [0.3, 0.4) is 0 Å². The van der Waals surface area contributed by atoms with E-state index in [2.05, 4.69) is 5.32 Å². The molecule has 7 heteroatoms. The molecule has 0 aromatic heterocycles. The minimum absolute atomic E-state index is 0.106. The molecule has 1 saturated heterocycles. The van der Waals surface area contributed by atoms with Gasteiger partial charge in [0.2, 0.25) is 5.91 Å². The van der Waals surface area contributed by atoms with E-state index in [1.54, 1.807) is 22.7 Å². The molecule has 4 rings (SSSR count). The second kappa shape index (κ2) is 9.16. The Morgan fingerprint density at radius 1 is 0.967 bits per heavy atom. The molecule has 2 unspecified atom stereocenters. The van der Waals surface area contributed by atoms with Crippen LogP contribution in [0, 0.1) is 17.6 Å². The van der Waals surface area contributed by atoms with E-state index in [4.69, 9.17) is 0 Å². The SMILES string of the molecule is O=C(Nc1ccc(F)cc1)C1CSC(C2CCCCC2)N1C(=O)c1cccc(F)c1. The van der Waals surface area contributed by atoms with Gasteiger partial charge in [0.15, 0.2) is 0 Å². The quantitative estimate of drug-likeness (QED) is 0.737. The van der Waals surface area contributed by atoms with Crippen LogP contribution >= 0.6 is 11.8 Å². The zero-order chi connectivity index (χ0) is 21.1. The van der Waals surface area contributed by atoms with Crippen LogP contribution in [0.15, 0.2) is 48.5 Å². The highest BCUT2D eigenvalue weighted by Gasteiger charge is 2.45. The number of anilines is 1. The van der Waals surface area contributed by atoms with E-state index >= 15 is 0 Å². The van der Waals surface area contributed by atoms with E-state index in [9.17, 15) is 18.4 Å². The van der Waals surface area contributed by atoms with Gasteiger partial charge in [-0.2, -0.15) is 0 Å². The highest BCUT2D eigenvalue weighted by atomic mass is 32.2. The second-order valence-electron chi connectivity index (χ2n) is 7.86. The molecular formula is C23H24F2N2O2S. The Bertz CT molecular complexity index is 916. The molecule has 0 bridgehead atoms. The number of hydrogen-bond donors (Lipinski definition) is 1. The predicted molar refractivity (Wildman–Crippen MR) is 114 cm³/mol. The minimum atomic E-state index is -0.664. The number of amides is 2. The van der Waals surface area contributed by atoms with Gasteiger partial charge in [-0.15, -0.1) is 11.8 Å². The fraction of sp³-hybridized carbons (Fsp3) is 0.391. The molecule has 1 N–H and O–H groups in total. The molecule has 0 spiro atoms. The first-order chi connectivity index (χ1) is 14.5. The molecule has 1 aliphatic heterocycles. The van der Waals surface area contributed by atoms with E-state index in [1.807, 2.05) is 0 Å². The molecule has 158 valence electrons. The van der Waals surface area contributed by atoms with Crippen molar-refractivity contribution in [3.05, 3.63) is 65.7 Å². The van der Waals surface area contributed by atoms with Gasteiger partial charge < -0.3 is 10.2 Å². The Morgan fingerprint density at radius 3 is 2.40 bits per heavy atom. The van der Waals surface area contributed by atoms with Crippen LogP contribution in [0.5, 0.6) is 0 Å². The first-order valence-corrected chi connectivity index (χ1v) is 11.3. The average molecular weight is 431 g/mol. The normalized spacial score (nSPS) is 22.1. The van der Waals surface area contributed by atoms with E-state index < -0.39 is 11.9 Å². The van der Waals surface area contributed by atoms with Crippen molar-refractivity contribution in [3.63, 3.8) is 0 Å². The maximum Gasteiger partial charge on any atom is 0.255 e. The third kappa shape index (κ3) is 4.51. The second-order valence-corrected chi connectivity index (χ2v) is 9.01. The van der Waals surface area contributed by atoms with Crippen molar-refractivity contribution >= 4 is 29.3 Å². The van der Waals surface area contributed by atoms with Crippen LogP contribution in [-0.4, -0.2) is 33.9 Å². The molecule has 1 aliphatic carbocycles. The van der Waals surface area contributed by atoms with Crippen molar-refractivity contribution in [1.29, 1.82) is 0 Å². The first-order valence-electron chi connectivity index (χ1n) is 10.3. The van der Waals surface area contributed by atoms with Crippen LogP contribution < -0.4 is 5.32 Å². The lowest BCUT2D eigenvalue weighted by molar-refractivity contribution is -0.120. The molecule has 2 aliphatic rings. The predicted octanol–water partition coefficient (Wildman–Crippen LogP) is 5.07. The van der Waals surface area contributed by atoms with Gasteiger partial charge in [-0.25, -0.2) is 8.78 Å². The van der Waals surface area contributed by atoms with Crippen molar-refractivity contribution in [1.82, 2.24) is 4.90 Å². The highest BCUT2D eigenvalue weighted by Crippen LogP contribution is 2.41. The summed E-state index contributed by atoms with van der Waals surface area (Å²) in [5, 5.41) is 2.69. The number of thioether (sulfide) groups is 1. The number of hydrogen-bond acceptors (Lipinski definition) is 3. The summed E-state index contributed by atoms with van der Waals surface area (Å²) in [6.07, 6.45) is 5.49. The summed E-state index contributed by atoms with van der Waals surface area (Å²) in [5.41, 5.74) is 0.726. The lowest BCUT2D eigenvalue weighted by Crippen LogP contribution is -2.49. The first kappa shape index (κ1) is 20.8. The van der Waals surface area contributed by atoms with Crippen LogP contribution in [0.4, 0.5) is 14.5 Å². The van der Waals surface area contributed by atoms with Gasteiger partial charge in [-0.1, -0.05) is 25.3 Å². The van der Waals surface area contributed by atoms with E-state index in [1.165, 1.54) is 48.9 Å². The number of carbonyl (C=O) groups is 2. The standard InChI is InChI=1S/C23H24F2N2O2S/c24-17-9-11-19(12-10-17)26-21(28)20-14-30-23(15-5-2-1-3-6-15)27(20)22(29)16-7-4-8-18(25)13-16/h4,7-13,15,20,23H,1-3,5-6,14H2,(H,26,28). The van der Waals surface area contributed by atoms with Crippen molar-refractivity contribution < 1.29 is 18.4 Å². The molecular weight excluding hydrogens is 406 g/mol. The summed E-state index contributed by atoms with van der Waals surface area (Å²) in [7, 11) is 0. The molecule has 2 fully saturated rings. The summed E-state index contributed by atoms with van der Waals surface area (Å²) in [6.45, 7) is 0. The van der Waals surface area contributed by atoms with Crippen LogP contribution in [-0.2, 0) is 4.79 Å². The van der Waals surface area contributed by atoms with Gasteiger partial charge in [0, 0.05) is 17.0 Å². The zero-order valence-corrected chi connectivity index (χ0v) is 17.3. The number of rotatable bonds is 4. The molecule has 1 heterocycles. The average Bonchev–Trinajstić information content (AvgIpc) is 3.21. The topological polar surface area (TPSA) is 49.4 Å². The van der Waals surface area contributed by atoms with Gasteiger partial charge in [0.1, 0.15) is 17.7 Å². The smallest absolute Gasteiger partial charge is 0.255 e. The molecule has 0 radical (unpaired) electrons. The molecule has 30 heavy (non-hydrogen) atoms. The minimum Gasteiger partial charge on any atom is -0.324 e. The Labute approximate surface area is 179 Å². The molecule has 2 aromatic rings. The highest BCUT2D eigenvalue weighted by molar-refractivity contribution is 8.00. The third-order valence-corrected chi connectivity index (χ3v) is 7.27. The summed E-state index contributed by atoms with van der Waals surface area (Å²) < 4.78 is 26.9. The Kier molecular flexibility index (Phi) is 6.37. The lowest BCUT2D eigenvalue weighted by atomic mass is 9.88.